The van der Waals surface area contributed by atoms with Gasteiger partial charge in [0.05, 0.1) is 4.47 Å². The summed E-state index contributed by atoms with van der Waals surface area (Å²) in [5.74, 6) is -1.51. The predicted octanol–water partition coefficient (Wildman–Crippen LogP) is 1.99. The van der Waals surface area contributed by atoms with Gasteiger partial charge in [-0.25, -0.2) is 9.53 Å². The predicted molar refractivity (Wildman–Crippen MR) is 94.9 cm³/mol. The highest BCUT2D eigenvalue weighted by molar-refractivity contribution is 9.10. The van der Waals surface area contributed by atoms with E-state index in [0.717, 1.165) is 0 Å². The zero-order valence-electron chi connectivity index (χ0n) is 13.2. The van der Waals surface area contributed by atoms with E-state index in [-0.39, 0.29) is 28.2 Å². The van der Waals surface area contributed by atoms with E-state index in [1.54, 1.807) is 0 Å². The number of anilines is 1. The van der Waals surface area contributed by atoms with Crippen LogP contribution in [0.4, 0.5) is 10.1 Å². The molecule has 7 nitrogen and oxygen atoms in total. The number of hydrogen-bond acceptors (Lipinski definition) is 4. The van der Waals surface area contributed by atoms with E-state index in [9.17, 15) is 17.6 Å². The van der Waals surface area contributed by atoms with Crippen LogP contribution in [0.25, 0.3) is 0 Å². The molecule has 2 aliphatic rings. The topological polar surface area (TPSA) is 116 Å². The molecule has 3 atom stereocenters. The maximum atomic E-state index is 13.3. The molecule has 1 aromatic rings. The molecule has 4 N–H and O–H groups in total. The molecular weight excluding hydrogens is 415 g/mol. The van der Waals surface area contributed by atoms with Crippen molar-refractivity contribution in [2.24, 2.45) is 11.1 Å². The van der Waals surface area contributed by atoms with Crippen molar-refractivity contribution in [3.8, 4) is 0 Å². The molecule has 0 amide bonds. The van der Waals surface area contributed by atoms with Gasteiger partial charge in [-0.05, 0) is 59.8 Å². The smallest absolute Gasteiger partial charge is 0.277 e. The Hall–Kier alpha value is -1.36. The summed E-state index contributed by atoms with van der Waals surface area (Å²) in [5.41, 5.74) is 0.427. The average molecular weight is 433 g/mol. The van der Waals surface area contributed by atoms with Crippen LogP contribution in [-0.4, -0.2) is 36.4 Å². The number of ketones is 1. The molecule has 25 heavy (non-hydrogen) atoms. The quantitative estimate of drug-likeness (QED) is 0.498. The molecule has 2 fully saturated rings. The minimum Gasteiger partial charge on any atom is -0.338 e. The van der Waals surface area contributed by atoms with Crippen molar-refractivity contribution in [2.45, 2.75) is 37.8 Å². The highest BCUT2D eigenvalue weighted by Crippen LogP contribution is 2.40. The third-order valence-electron chi connectivity index (χ3n) is 4.77. The molecule has 2 heterocycles. The summed E-state index contributed by atoms with van der Waals surface area (Å²) in [6.07, 6.45) is 2.08. The van der Waals surface area contributed by atoms with E-state index in [1.807, 2.05) is 0 Å². The lowest BCUT2D eigenvalue weighted by Gasteiger charge is -2.36. The fourth-order valence-electron chi connectivity index (χ4n) is 3.75. The van der Waals surface area contributed by atoms with Crippen LogP contribution in [0.1, 0.15) is 25.7 Å². The van der Waals surface area contributed by atoms with Gasteiger partial charge < -0.3 is 5.32 Å². The van der Waals surface area contributed by atoms with Crippen LogP contribution in [0.15, 0.2) is 22.7 Å². The first-order valence-electron chi connectivity index (χ1n) is 7.83. The maximum absolute atomic E-state index is 13.3. The fraction of sp³-hybridized carbons (Fsp3) is 0.467. The number of hydrogen-bond donors (Lipinski definition) is 3. The van der Waals surface area contributed by atoms with Crippen molar-refractivity contribution in [1.29, 1.82) is 5.41 Å². The van der Waals surface area contributed by atoms with Gasteiger partial charge in [0, 0.05) is 23.7 Å². The largest absolute Gasteiger partial charge is 0.338 e. The van der Waals surface area contributed by atoms with Crippen LogP contribution in [0.2, 0.25) is 0 Å². The zero-order valence-corrected chi connectivity index (χ0v) is 15.6. The Labute approximate surface area is 153 Å². The number of halogens is 2. The number of nitrogens with two attached hydrogens (primary N) is 1. The number of carbonyl (C=O) groups excluding carboxylic acids is 1. The summed E-state index contributed by atoms with van der Waals surface area (Å²) in [7, 11) is -3.78. The lowest BCUT2D eigenvalue weighted by atomic mass is 9.88. The molecular formula is C15H18BrFN4O3S. The lowest BCUT2D eigenvalue weighted by molar-refractivity contribution is -0.118. The van der Waals surface area contributed by atoms with Gasteiger partial charge >= 0.3 is 0 Å². The van der Waals surface area contributed by atoms with Gasteiger partial charge in [0.15, 0.2) is 5.84 Å². The zero-order chi connectivity index (χ0) is 18.4. The Kier molecular flexibility index (Phi) is 4.97. The molecule has 2 aliphatic heterocycles. The number of fused-ring (bicyclic) bond motifs is 2. The third-order valence-corrected chi connectivity index (χ3v) is 6.56. The summed E-state index contributed by atoms with van der Waals surface area (Å²) in [6, 6.07) is 3.56. The Morgan fingerprint density at radius 3 is 2.44 bits per heavy atom. The lowest BCUT2D eigenvalue weighted by Crippen LogP contribution is -2.51. The van der Waals surface area contributed by atoms with E-state index in [4.69, 9.17) is 10.5 Å². The van der Waals surface area contributed by atoms with Crippen LogP contribution < -0.4 is 10.5 Å². The number of Topliss-reactive ketones (excluding diaryl/α,β-unsaturated/α-hetero) is 1. The fourth-order valence-corrected chi connectivity index (χ4v) is 5.34. The normalized spacial score (nSPS) is 26.4. The minimum atomic E-state index is -3.78. The number of nitrogens with one attached hydrogen (secondary N) is 2. The van der Waals surface area contributed by atoms with Gasteiger partial charge in [-0.1, -0.05) is 0 Å². The first-order chi connectivity index (χ1) is 11.7. The number of amidine groups is 1. The van der Waals surface area contributed by atoms with Crippen molar-refractivity contribution >= 4 is 43.4 Å². The molecule has 0 spiro atoms. The van der Waals surface area contributed by atoms with Gasteiger partial charge in [0.2, 0.25) is 5.78 Å². The summed E-state index contributed by atoms with van der Waals surface area (Å²) in [5, 5.41) is 15.9. The standard InChI is InChI=1S/C15H18BrFN4O3S/c16-12-7-9(1-4-13(12)17)20-15(18)14(22)8-5-10-2-3-11(6-8)21(10)25(19,23)24/h1,4,7-8,10-11H,2-3,5-6H2,(H2,18,20)(H2,19,23,24)/t8?,10-,11+. The Bertz CT molecular complexity index is 818. The second-order valence-electron chi connectivity index (χ2n) is 6.42. The molecule has 10 heteroatoms. The molecule has 2 saturated heterocycles. The van der Waals surface area contributed by atoms with Crippen LogP contribution in [0.5, 0.6) is 0 Å². The summed E-state index contributed by atoms with van der Waals surface area (Å²) in [4.78, 5) is 12.6. The van der Waals surface area contributed by atoms with Gasteiger partial charge in [-0.2, -0.15) is 12.7 Å². The van der Waals surface area contributed by atoms with E-state index in [1.165, 1.54) is 22.5 Å². The van der Waals surface area contributed by atoms with Gasteiger partial charge in [-0.15, -0.1) is 0 Å². The second-order valence-corrected chi connectivity index (χ2v) is 8.73. The van der Waals surface area contributed by atoms with Crippen molar-refractivity contribution in [3.63, 3.8) is 0 Å². The van der Waals surface area contributed by atoms with E-state index < -0.39 is 21.9 Å². The average Bonchev–Trinajstić information content (AvgIpc) is 2.82. The van der Waals surface area contributed by atoms with Crippen LogP contribution in [-0.2, 0) is 15.0 Å². The first-order valence-corrected chi connectivity index (χ1v) is 10.1. The maximum Gasteiger partial charge on any atom is 0.277 e. The van der Waals surface area contributed by atoms with E-state index in [0.29, 0.717) is 31.4 Å². The minimum absolute atomic E-state index is 0.234. The molecule has 1 unspecified atom stereocenters. The highest BCUT2D eigenvalue weighted by atomic mass is 79.9. The molecule has 2 bridgehead atoms. The monoisotopic (exact) mass is 432 g/mol. The molecule has 3 rings (SSSR count). The van der Waals surface area contributed by atoms with E-state index >= 15 is 0 Å². The molecule has 0 radical (unpaired) electrons. The highest BCUT2D eigenvalue weighted by Gasteiger charge is 2.47. The summed E-state index contributed by atoms with van der Waals surface area (Å²) in [6.45, 7) is 0. The summed E-state index contributed by atoms with van der Waals surface area (Å²) >= 11 is 3.05. The van der Waals surface area contributed by atoms with Crippen molar-refractivity contribution < 1.29 is 17.6 Å². The number of piperidine rings is 1. The van der Waals surface area contributed by atoms with Crippen LogP contribution in [0.3, 0.4) is 0 Å². The second kappa shape index (κ2) is 6.75. The van der Waals surface area contributed by atoms with Gasteiger partial charge in [0.1, 0.15) is 5.82 Å². The molecule has 0 aromatic heterocycles. The summed E-state index contributed by atoms with van der Waals surface area (Å²) < 4.78 is 38.2. The SMILES string of the molecule is N=C(Nc1ccc(F)c(Br)c1)C(=O)C1C[C@H]2CC[C@@H](C1)N2S(N)(=O)=O. The van der Waals surface area contributed by atoms with Gasteiger partial charge in [0.25, 0.3) is 10.2 Å². The Morgan fingerprint density at radius 1 is 1.32 bits per heavy atom. The first kappa shape index (κ1) is 18.4. The Balaban J connectivity index is 1.68. The number of nitrogens with zero attached hydrogens (tertiary/aromatic N) is 1. The molecule has 0 saturated carbocycles. The molecule has 0 aliphatic carbocycles. The Morgan fingerprint density at radius 2 is 1.92 bits per heavy atom. The number of benzene rings is 1. The van der Waals surface area contributed by atoms with Crippen molar-refractivity contribution in [1.82, 2.24) is 4.31 Å². The van der Waals surface area contributed by atoms with Crippen molar-refractivity contribution in [3.05, 3.63) is 28.5 Å². The van der Waals surface area contributed by atoms with Crippen molar-refractivity contribution in [2.75, 3.05) is 5.32 Å². The molecule has 136 valence electrons. The van der Waals surface area contributed by atoms with Gasteiger partial charge in [-0.3, -0.25) is 10.2 Å². The van der Waals surface area contributed by atoms with E-state index in [2.05, 4.69) is 21.2 Å². The molecule has 1 aromatic carbocycles. The van der Waals surface area contributed by atoms with Crippen LogP contribution >= 0.6 is 15.9 Å². The number of rotatable bonds is 4. The third kappa shape index (κ3) is 3.76. The van der Waals surface area contributed by atoms with Crippen LogP contribution in [0, 0.1) is 17.1 Å². The number of carbonyl (C=O) groups is 1.